The summed E-state index contributed by atoms with van der Waals surface area (Å²) in [7, 11) is 1.58. The molecule has 2 amide bonds. The second-order valence-electron chi connectivity index (χ2n) is 4.58. The molecule has 0 fully saturated rings. The van der Waals surface area contributed by atoms with Gasteiger partial charge in [0.15, 0.2) is 0 Å². The summed E-state index contributed by atoms with van der Waals surface area (Å²) in [5, 5.41) is 2.53. The molecule has 2 rings (SSSR count). The molecule has 0 spiro atoms. The summed E-state index contributed by atoms with van der Waals surface area (Å²) in [6.45, 7) is 0. The first kappa shape index (κ1) is 14.5. The van der Waals surface area contributed by atoms with E-state index in [4.69, 9.17) is 5.73 Å². The van der Waals surface area contributed by atoms with Crippen molar-refractivity contribution in [2.24, 2.45) is 12.8 Å². The Labute approximate surface area is 121 Å². The lowest BCUT2D eigenvalue weighted by Gasteiger charge is -2.15. The summed E-state index contributed by atoms with van der Waals surface area (Å²) in [6.07, 6.45) is 1.49. The van der Waals surface area contributed by atoms with Gasteiger partial charge >= 0.3 is 0 Å². The van der Waals surface area contributed by atoms with Gasteiger partial charge in [0.05, 0.1) is 0 Å². The number of aryl methyl sites for hydroxylation is 1. The third-order valence-corrected chi connectivity index (χ3v) is 3.06. The lowest BCUT2D eigenvalue weighted by molar-refractivity contribution is -0.120. The van der Waals surface area contributed by atoms with Gasteiger partial charge in [0.25, 0.3) is 11.5 Å². The van der Waals surface area contributed by atoms with Gasteiger partial charge in [-0.05, 0) is 11.6 Å². The van der Waals surface area contributed by atoms with E-state index in [0.29, 0.717) is 5.56 Å². The first-order chi connectivity index (χ1) is 9.99. The summed E-state index contributed by atoms with van der Waals surface area (Å²) in [5.41, 5.74) is 5.79. The van der Waals surface area contributed by atoms with Crippen molar-refractivity contribution < 1.29 is 9.59 Å². The Morgan fingerprint density at radius 1 is 1.19 bits per heavy atom. The van der Waals surface area contributed by atoms with E-state index in [1.807, 2.05) is 0 Å². The standard InChI is InChI=1S/C15H15N3O3/c1-18-8-7-11(9-12(18)19)15(21)17-13(14(16)20)10-5-3-2-4-6-10/h2-9,13H,1H3,(H2,16,20)(H,17,21)/t13-/m1/s1. The summed E-state index contributed by atoms with van der Waals surface area (Å²) < 4.78 is 1.35. The highest BCUT2D eigenvalue weighted by atomic mass is 16.2. The first-order valence-electron chi connectivity index (χ1n) is 6.31. The van der Waals surface area contributed by atoms with Crippen molar-refractivity contribution in [1.29, 1.82) is 0 Å². The number of nitrogens with zero attached hydrogens (tertiary/aromatic N) is 1. The molecule has 0 aliphatic rings. The van der Waals surface area contributed by atoms with E-state index in [-0.39, 0.29) is 11.1 Å². The van der Waals surface area contributed by atoms with Crippen LogP contribution in [0.5, 0.6) is 0 Å². The fraction of sp³-hybridized carbons (Fsp3) is 0.133. The Hall–Kier alpha value is -2.89. The van der Waals surface area contributed by atoms with E-state index in [9.17, 15) is 14.4 Å². The molecular formula is C15H15N3O3. The molecule has 21 heavy (non-hydrogen) atoms. The largest absolute Gasteiger partial charge is 0.368 e. The van der Waals surface area contributed by atoms with E-state index >= 15 is 0 Å². The minimum atomic E-state index is -0.942. The Morgan fingerprint density at radius 3 is 2.43 bits per heavy atom. The van der Waals surface area contributed by atoms with Crippen LogP contribution in [0.3, 0.4) is 0 Å². The summed E-state index contributed by atoms with van der Waals surface area (Å²) in [4.78, 5) is 35.2. The molecule has 3 N–H and O–H groups in total. The maximum absolute atomic E-state index is 12.1. The molecule has 6 heteroatoms. The monoisotopic (exact) mass is 285 g/mol. The number of amides is 2. The van der Waals surface area contributed by atoms with Crippen molar-refractivity contribution in [2.75, 3.05) is 0 Å². The molecule has 0 bridgehead atoms. The summed E-state index contributed by atoms with van der Waals surface area (Å²) in [5.74, 6) is -1.20. The fourth-order valence-electron chi connectivity index (χ4n) is 1.87. The lowest BCUT2D eigenvalue weighted by atomic mass is 10.1. The quantitative estimate of drug-likeness (QED) is 0.848. The van der Waals surface area contributed by atoms with Crippen LogP contribution >= 0.6 is 0 Å². The van der Waals surface area contributed by atoms with Crippen molar-refractivity contribution in [3.63, 3.8) is 0 Å². The molecule has 0 radical (unpaired) electrons. The number of primary amides is 1. The Kier molecular flexibility index (Phi) is 4.18. The Morgan fingerprint density at radius 2 is 1.86 bits per heavy atom. The van der Waals surface area contributed by atoms with Crippen molar-refractivity contribution in [2.45, 2.75) is 6.04 Å². The van der Waals surface area contributed by atoms with Crippen molar-refractivity contribution in [1.82, 2.24) is 9.88 Å². The Bertz CT molecular complexity index is 722. The van der Waals surface area contributed by atoms with Crippen LogP contribution in [0.15, 0.2) is 53.5 Å². The van der Waals surface area contributed by atoms with Gasteiger partial charge in [-0.2, -0.15) is 0 Å². The van der Waals surface area contributed by atoms with Crippen molar-refractivity contribution in [3.8, 4) is 0 Å². The normalized spacial score (nSPS) is 11.7. The number of benzene rings is 1. The SMILES string of the molecule is Cn1ccc(C(=O)N[C@@H](C(N)=O)c2ccccc2)cc1=O. The number of nitrogens with two attached hydrogens (primary N) is 1. The van der Waals surface area contributed by atoms with E-state index in [2.05, 4.69) is 5.32 Å². The maximum Gasteiger partial charge on any atom is 0.252 e. The average molecular weight is 285 g/mol. The van der Waals surface area contributed by atoms with Crippen molar-refractivity contribution in [3.05, 3.63) is 70.1 Å². The van der Waals surface area contributed by atoms with E-state index in [1.165, 1.54) is 22.9 Å². The third-order valence-electron chi connectivity index (χ3n) is 3.06. The number of carbonyl (C=O) groups is 2. The predicted molar refractivity (Wildman–Crippen MR) is 77.5 cm³/mol. The van der Waals surface area contributed by atoms with Gasteiger partial charge in [0, 0.05) is 24.9 Å². The second kappa shape index (κ2) is 6.04. The van der Waals surface area contributed by atoms with E-state index in [0.717, 1.165) is 0 Å². The van der Waals surface area contributed by atoms with Crippen LogP contribution in [-0.2, 0) is 11.8 Å². The molecule has 0 aliphatic carbocycles. The molecule has 0 saturated heterocycles. The van der Waals surface area contributed by atoms with Crippen LogP contribution < -0.4 is 16.6 Å². The predicted octanol–water partition coefficient (Wildman–Crippen LogP) is 0.342. The highest BCUT2D eigenvalue weighted by Gasteiger charge is 2.20. The number of hydrogen-bond acceptors (Lipinski definition) is 3. The molecule has 0 unspecified atom stereocenters. The minimum Gasteiger partial charge on any atom is -0.368 e. The number of carbonyl (C=O) groups excluding carboxylic acids is 2. The molecule has 108 valence electrons. The zero-order valence-corrected chi connectivity index (χ0v) is 11.4. The molecule has 1 atom stereocenters. The van der Waals surface area contributed by atoms with Gasteiger partial charge in [-0.1, -0.05) is 30.3 Å². The molecule has 6 nitrogen and oxygen atoms in total. The maximum atomic E-state index is 12.1. The lowest BCUT2D eigenvalue weighted by Crippen LogP contribution is -2.38. The average Bonchev–Trinajstić information content (AvgIpc) is 2.48. The van der Waals surface area contributed by atoms with Gasteiger partial charge in [0.2, 0.25) is 5.91 Å². The van der Waals surface area contributed by atoms with Crippen LogP contribution in [0.1, 0.15) is 22.0 Å². The number of nitrogens with one attached hydrogen (secondary N) is 1. The highest BCUT2D eigenvalue weighted by molar-refractivity contribution is 5.97. The fourth-order valence-corrected chi connectivity index (χ4v) is 1.87. The van der Waals surface area contributed by atoms with Crippen LogP contribution in [-0.4, -0.2) is 16.4 Å². The van der Waals surface area contributed by atoms with Gasteiger partial charge in [-0.25, -0.2) is 0 Å². The molecular weight excluding hydrogens is 270 g/mol. The zero-order chi connectivity index (χ0) is 15.4. The van der Waals surface area contributed by atoms with Gasteiger partial charge in [-0.15, -0.1) is 0 Å². The number of aromatic nitrogens is 1. The number of pyridine rings is 1. The van der Waals surface area contributed by atoms with E-state index < -0.39 is 17.9 Å². The summed E-state index contributed by atoms with van der Waals surface area (Å²) in [6, 6.07) is 10.4. The molecule has 2 aromatic rings. The zero-order valence-electron chi connectivity index (χ0n) is 11.4. The Balaban J connectivity index is 2.25. The number of rotatable bonds is 4. The van der Waals surface area contributed by atoms with Gasteiger partial charge in [-0.3, -0.25) is 14.4 Å². The van der Waals surface area contributed by atoms with Crippen LogP contribution in [0, 0.1) is 0 Å². The molecule has 1 aromatic heterocycles. The second-order valence-corrected chi connectivity index (χ2v) is 4.58. The number of hydrogen-bond donors (Lipinski definition) is 2. The minimum absolute atomic E-state index is 0.181. The van der Waals surface area contributed by atoms with Gasteiger partial charge < -0.3 is 15.6 Å². The first-order valence-corrected chi connectivity index (χ1v) is 6.31. The third kappa shape index (κ3) is 3.36. The van der Waals surface area contributed by atoms with Gasteiger partial charge in [0.1, 0.15) is 6.04 Å². The molecule has 0 aliphatic heterocycles. The summed E-state index contributed by atoms with van der Waals surface area (Å²) >= 11 is 0. The highest BCUT2D eigenvalue weighted by Crippen LogP contribution is 2.12. The molecule has 1 heterocycles. The molecule has 0 saturated carbocycles. The van der Waals surface area contributed by atoms with E-state index in [1.54, 1.807) is 37.4 Å². The topological polar surface area (TPSA) is 94.2 Å². The smallest absolute Gasteiger partial charge is 0.252 e. The van der Waals surface area contributed by atoms with Crippen LogP contribution in [0.25, 0.3) is 0 Å². The van der Waals surface area contributed by atoms with Crippen molar-refractivity contribution >= 4 is 11.8 Å². The molecule has 1 aromatic carbocycles. The van der Waals surface area contributed by atoms with Crippen LogP contribution in [0.2, 0.25) is 0 Å². The van der Waals surface area contributed by atoms with Crippen LogP contribution in [0.4, 0.5) is 0 Å².